The number of nitrogen functional groups attached to an aromatic ring is 1. The Morgan fingerprint density at radius 1 is 0.917 bits per heavy atom. The van der Waals surface area contributed by atoms with Gasteiger partial charge in [0.25, 0.3) is 0 Å². The highest BCUT2D eigenvalue weighted by molar-refractivity contribution is 7.99. The lowest BCUT2D eigenvalue weighted by Crippen LogP contribution is -1.90. The van der Waals surface area contributed by atoms with Crippen LogP contribution < -0.4 is 5.73 Å². The van der Waals surface area contributed by atoms with E-state index in [0.29, 0.717) is 10.6 Å². The van der Waals surface area contributed by atoms with E-state index in [1.54, 1.807) is 18.7 Å². The Kier molecular flexibility index (Phi) is 4.93. The number of hydrogen-bond donors (Lipinski definition) is 1. The van der Waals surface area contributed by atoms with Crippen molar-refractivity contribution in [3.05, 3.63) is 77.3 Å². The Bertz CT molecular complexity index is 873. The Balaban J connectivity index is 1.82. The molecule has 120 valence electrons. The van der Waals surface area contributed by atoms with Crippen molar-refractivity contribution in [1.82, 2.24) is 0 Å². The summed E-state index contributed by atoms with van der Waals surface area (Å²) in [5, 5.41) is 0.699. The molecule has 0 amide bonds. The Hall–Kier alpha value is -2.23. The van der Waals surface area contributed by atoms with Gasteiger partial charge in [0.1, 0.15) is 0 Å². The Morgan fingerprint density at radius 3 is 2.12 bits per heavy atom. The maximum atomic E-state index is 11.3. The first-order valence-electron chi connectivity index (χ1n) is 7.47. The van der Waals surface area contributed by atoms with Crippen LogP contribution in [0.2, 0.25) is 5.02 Å². The molecule has 24 heavy (non-hydrogen) atoms. The van der Waals surface area contributed by atoms with Crippen molar-refractivity contribution >= 4 is 34.8 Å². The molecule has 0 bridgehead atoms. The number of halogens is 1. The fraction of sp³-hybridized carbons (Fsp3) is 0.0500. The van der Waals surface area contributed by atoms with Crippen molar-refractivity contribution in [2.45, 2.75) is 16.7 Å². The molecular weight excluding hydrogens is 338 g/mol. The summed E-state index contributed by atoms with van der Waals surface area (Å²) in [5.41, 5.74) is 9.31. The summed E-state index contributed by atoms with van der Waals surface area (Å²) in [7, 11) is 0. The van der Waals surface area contributed by atoms with Gasteiger partial charge in [0.2, 0.25) is 0 Å². The second-order valence-corrected chi connectivity index (χ2v) is 6.97. The van der Waals surface area contributed by atoms with Crippen LogP contribution in [0, 0.1) is 0 Å². The summed E-state index contributed by atoms with van der Waals surface area (Å²) >= 11 is 8.02. The molecule has 3 aromatic carbocycles. The molecule has 0 atom stereocenters. The highest BCUT2D eigenvalue weighted by atomic mass is 35.5. The van der Waals surface area contributed by atoms with Gasteiger partial charge < -0.3 is 5.73 Å². The SMILES string of the molecule is CC(=O)c1ccc(Sc2ccc(-c3ccc(N)cc3)cc2Cl)cc1. The quantitative estimate of drug-likeness (QED) is 0.466. The maximum Gasteiger partial charge on any atom is 0.159 e. The molecular formula is C20H16ClNOS. The topological polar surface area (TPSA) is 43.1 Å². The molecule has 0 radical (unpaired) electrons. The molecule has 0 aliphatic carbocycles. The number of nitrogens with two attached hydrogens (primary N) is 1. The van der Waals surface area contributed by atoms with Gasteiger partial charge in [0, 0.05) is 21.0 Å². The fourth-order valence-electron chi connectivity index (χ4n) is 2.32. The van der Waals surface area contributed by atoms with Crippen LogP contribution in [0.15, 0.2) is 76.5 Å². The fourth-order valence-corrected chi connectivity index (χ4v) is 3.44. The van der Waals surface area contributed by atoms with E-state index in [1.807, 2.05) is 66.7 Å². The number of rotatable bonds is 4. The van der Waals surface area contributed by atoms with Crippen LogP contribution in [0.5, 0.6) is 0 Å². The van der Waals surface area contributed by atoms with Crippen molar-refractivity contribution in [3.8, 4) is 11.1 Å². The number of carbonyl (C=O) groups excluding carboxylic acids is 1. The molecule has 2 N–H and O–H groups in total. The van der Waals surface area contributed by atoms with E-state index in [4.69, 9.17) is 17.3 Å². The summed E-state index contributed by atoms with van der Waals surface area (Å²) < 4.78 is 0. The van der Waals surface area contributed by atoms with Gasteiger partial charge in [-0.1, -0.05) is 53.7 Å². The van der Waals surface area contributed by atoms with E-state index in [9.17, 15) is 4.79 Å². The van der Waals surface area contributed by atoms with E-state index >= 15 is 0 Å². The molecule has 4 heteroatoms. The lowest BCUT2D eigenvalue weighted by molar-refractivity contribution is 0.101. The van der Waals surface area contributed by atoms with Crippen LogP contribution in [-0.4, -0.2) is 5.78 Å². The molecule has 0 saturated heterocycles. The standard InChI is InChI=1S/C20H16ClNOS/c1-13(23)14-4-9-18(10-5-14)24-20-11-6-16(12-19(20)21)15-2-7-17(22)8-3-15/h2-12H,22H2,1H3. The van der Waals surface area contributed by atoms with Gasteiger partial charge in [0.15, 0.2) is 5.78 Å². The number of benzene rings is 3. The zero-order chi connectivity index (χ0) is 17.1. The lowest BCUT2D eigenvalue weighted by Gasteiger charge is -2.08. The lowest BCUT2D eigenvalue weighted by atomic mass is 10.1. The van der Waals surface area contributed by atoms with Crippen molar-refractivity contribution < 1.29 is 4.79 Å². The molecule has 2 nitrogen and oxygen atoms in total. The van der Waals surface area contributed by atoms with Crippen LogP contribution >= 0.6 is 23.4 Å². The van der Waals surface area contributed by atoms with Gasteiger partial charge in [-0.25, -0.2) is 0 Å². The molecule has 3 rings (SSSR count). The van der Waals surface area contributed by atoms with Gasteiger partial charge in [-0.3, -0.25) is 4.79 Å². The maximum absolute atomic E-state index is 11.3. The summed E-state index contributed by atoms with van der Waals surface area (Å²) in [6.45, 7) is 1.56. The largest absolute Gasteiger partial charge is 0.399 e. The van der Waals surface area contributed by atoms with E-state index in [2.05, 4.69) is 0 Å². The predicted octanol–water partition coefficient (Wildman–Crippen LogP) is 5.94. The molecule has 3 aromatic rings. The number of carbonyl (C=O) groups is 1. The van der Waals surface area contributed by atoms with E-state index in [1.165, 1.54) is 0 Å². The predicted molar refractivity (Wildman–Crippen MR) is 102 cm³/mol. The number of ketones is 1. The molecule has 0 aromatic heterocycles. The first-order chi connectivity index (χ1) is 11.5. The number of hydrogen-bond acceptors (Lipinski definition) is 3. The molecule has 0 fully saturated rings. The average Bonchev–Trinajstić information content (AvgIpc) is 2.58. The van der Waals surface area contributed by atoms with E-state index < -0.39 is 0 Å². The van der Waals surface area contributed by atoms with Crippen LogP contribution in [-0.2, 0) is 0 Å². The minimum absolute atomic E-state index is 0.0671. The summed E-state index contributed by atoms with van der Waals surface area (Å²) in [6.07, 6.45) is 0. The summed E-state index contributed by atoms with van der Waals surface area (Å²) in [5.74, 6) is 0.0671. The molecule has 0 aliphatic heterocycles. The third-order valence-corrected chi connectivity index (χ3v) is 5.17. The van der Waals surface area contributed by atoms with Crippen LogP contribution in [0.3, 0.4) is 0 Å². The molecule has 0 unspecified atom stereocenters. The number of Topliss-reactive ketones (excluding diaryl/α,β-unsaturated/α-hetero) is 1. The first-order valence-corrected chi connectivity index (χ1v) is 8.67. The van der Waals surface area contributed by atoms with Crippen molar-refractivity contribution in [3.63, 3.8) is 0 Å². The van der Waals surface area contributed by atoms with Gasteiger partial charge in [-0.05, 0) is 54.4 Å². The molecule has 0 spiro atoms. The van der Waals surface area contributed by atoms with Gasteiger partial charge in [-0.2, -0.15) is 0 Å². The minimum atomic E-state index is 0.0671. The van der Waals surface area contributed by atoms with E-state index in [-0.39, 0.29) is 5.78 Å². The van der Waals surface area contributed by atoms with Gasteiger partial charge in [-0.15, -0.1) is 0 Å². The second kappa shape index (κ2) is 7.12. The van der Waals surface area contributed by atoms with Crippen LogP contribution in [0.4, 0.5) is 5.69 Å². The van der Waals surface area contributed by atoms with Crippen LogP contribution in [0.25, 0.3) is 11.1 Å². The third kappa shape index (κ3) is 3.81. The third-order valence-electron chi connectivity index (χ3n) is 3.66. The highest BCUT2D eigenvalue weighted by Gasteiger charge is 2.07. The van der Waals surface area contributed by atoms with Gasteiger partial charge >= 0.3 is 0 Å². The van der Waals surface area contributed by atoms with Crippen molar-refractivity contribution in [2.75, 3.05) is 5.73 Å². The summed E-state index contributed by atoms with van der Waals surface area (Å²) in [4.78, 5) is 13.3. The van der Waals surface area contributed by atoms with Gasteiger partial charge in [0.05, 0.1) is 5.02 Å². The zero-order valence-electron chi connectivity index (χ0n) is 13.1. The minimum Gasteiger partial charge on any atom is -0.399 e. The second-order valence-electron chi connectivity index (χ2n) is 5.45. The zero-order valence-corrected chi connectivity index (χ0v) is 14.7. The Labute approximate surface area is 150 Å². The van der Waals surface area contributed by atoms with Crippen molar-refractivity contribution in [2.24, 2.45) is 0 Å². The molecule has 0 heterocycles. The number of anilines is 1. The van der Waals surface area contributed by atoms with Crippen LogP contribution in [0.1, 0.15) is 17.3 Å². The van der Waals surface area contributed by atoms with E-state index in [0.717, 1.165) is 26.6 Å². The molecule has 0 aliphatic rings. The molecule has 0 saturated carbocycles. The monoisotopic (exact) mass is 353 g/mol. The first kappa shape index (κ1) is 16.6. The normalized spacial score (nSPS) is 10.6. The van der Waals surface area contributed by atoms with Crippen molar-refractivity contribution in [1.29, 1.82) is 0 Å². The Morgan fingerprint density at radius 2 is 1.54 bits per heavy atom. The summed E-state index contributed by atoms with van der Waals surface area (Å²) in [6, 6.07) is 21.3. The highest BCUT2D eigenvalue weighted by Crippen LogP contribution is 2.36. The average molecular weight is 354 g/mol. The smallest absolute Gasteiger partial charge is 0.159 e.